The van der Waals surface area contributed by atoms with Crippen LogP contribution >= 0.6 is 0 Å². The van der Waals surface area contributed by atoms with Crippen LogP contribution in [0, 0.1) is 11.3 Å². The number of benzene rings is 20. The number of rotatable bonds is 2. The highest BCUT2D eigenvalue weighted by Gasteiger charge is 2.34. The number of nitriles is 1. The number of hydrogen-bond acceptors (Lipinski definition) is 9. The Kier molecular flexibility index (Phi) is 15.2. The van der Waals surface area contributed by atoms with E-state index in [-0.39, 0.29) is 5.41 Å². The molecule has 145 heavy (non-hydrogen) atoms. The SMILES string of the molecule is CC(C)(C)c1cc2c3ccc4c5ccccc5oc4c3n3c2c(c1)c1ccc2c4ccccc4oc2c13.CC(C)c1cc2c3ccc4c5ccccc5oc4c3n3c2c(c1)c1ccc2c4ccccc4oc2c13.C[Si](C)(C)c1cc2c3ccc4c5ccccc5oc4c3n3c2c(c1)c1ccc2c4ccccc4oc2c13.N#Cc1cc2c3ccc4c5ccccc5oc4c3n3c2c(c1)c1ccc2c4ccccc4oc2c13. The van der Waals surface area contributed by atoms with E-state index in [1.54, 1.807) is 0 Å². The summed E-state index contributed by atoms with van der Waals surface area (Å²) in [5.41, 5.74) is 31.5. The van der Waals surface area contributed by atoms with Gasteiger partial charge in [-0.15, -0.1) is 0 Å². The number of nitrogens with zero attached hydrogens (tertiary/aromatic N) is 5. The van der Waals surface area contributed by atoms with Crippen molar-refractivity contribution >= 4 is 341 Å². The van der Waals surface area contributed by atoms with E-state index in [9.17, 15) is 5.26 Å². The van der Waals surface area contributed by atoms with Crippen molar-refractivity contribution in [2.75, 3.05) is 0 Å². The van der Waals surface area contributed by atoms with Crippen LogP contribution in [0.3, 0.4) is 0 Å². The lowest BCUT2D eigenvalue weighted by Gasteiger charge is -2.19. The first kappa shape index (κ1) is 79.5. The van der Waals surface area contributed by atoms with Gasteiger partial charge in [0, 0.05) is 172 Å². The van der Waals surface area contributed by atoms with E-state index >= 15 is 0 Å². The molecule has 0 aliphatic rings. The van der Waals surface area contributed by atoms with E-state index in [4.69, 9.17) is 35.3 Å². The Labute approximate surface area is 821 Å². The van der Waals surface area contributed by atoms with E-state index in [0.29, 0.717) is 11.5 Å². The van der Waals surface area contributed by atoms with Crippen LogP contribution in [0.25, 0.3) is 328 Å². The third-order valence-corrected chi connectivity index (χ3v) is 34.2. The van der Waals surface area contributed by atoms with E-state index in [0.717, 1.165) is 247 Å². The summed E-state index contributed by atoms with van der Waals surface area (Å²) in [7, 11) is -1.57. The summed E-state index contributed by atoms with van der Waals surface area (Å²) in [6.07, 6.45) is 0. The first-order valence-corrected chi connectivity index (χ1v) is 53.4. The first-order chi connectivity index (χ1) is 71.0. The molecule has 682 valence electrons. The predicted octanol–water partition coefficient (Wildman–Crippen LogP) is 37.4. The molecule has 0 amide bonds. The topological polar surface area (TPSA) is 147 Å². The van der Waals surface area contributed by atoms with Crippen LogP contribution in [0.2, 0.25) is 19.6 Å². The number of hydrogen-bond donors (Lipinski definition) is 0. The second-order valence-electron chi connectivity index (χ2n) is 42.3. The highest BCUT2D eigenvalue weighted by Crippen LogP contribution is 2.55. The van der Waals surface area contributed by atoms with Crippen molar-refractivity contribution in [1.82, 2.24) is 17.6 Å². The lowest BCUT2D eigenvalue weighted by Crippen LogP contribution is -2.37. The number of fused-ring (bicyclic) bond motifs is 56. The Hall–Kier alpha value is -18.3. The lowest BCUT2D eigenvalue weighted by atomic mass is 9.85. The second kappa shape index (κ2) is 27.7. The van der Waals surface area contributed by atoms with Crippen LogP contribution in [0.15, 0.2) is 375 Å². The number of furan rings is 8. The van der Waals surface area contributed by atoms with Crippen LogP contribution in [0.4, 0.5) is 0 Å². The Balaban J connectivity index is 0.0000000847. The van der Waals surface area contributed by atoms with Crippen LogP contribution < -0.4 is 5.19 Å². The van der Waals surface area contributed by atoms with Crippen LogP contribution in [0.1, 0.15) is 57.2 Å². The molecule has 0 atom stereocenters. The second-order valence-corrected chi connectivity index (χ2v) is 47.4. The average Bonchev–Trinajstić information content (AvgIpc) is 1.47. The van der Waals surface area contributed by atoms with Crippen LogP contribution in [0.5, 0.6) is 0 Å². The summed E-state index contributed by atoms with van der Waals surface area (Å²) in [5.74, 6) is 0.429. The molecule has 20 aromatic carbocycles. The van der Waals surface area contributed by atoms with Gasteiger partial charge in [-0.25, -0.2) is 0 Å². The maximum atomic E-state index is 9.83. The quantitative estimate of drug-likeness (QED) is 0.154. The van der Waals surface area contributed by atoms with Gasteiger partial charge in [-0.1, -0.05) is 266 Å². The van der Waals surface area contributed by atoms with Gasteiger partial charge >= 0.3 is 0 Å². The van der Waals surface area contributed by atoms with Crippen molar-refractivity contribution in [2.45, 2.75) is 65.6 Å². The molecule has 14 heteroatoms. The lowest BCUT2D eigenvalue weighted by molar-refractivity contribution is 0.592. The summed E-state index contributed by atoms with van der Waals surface area (Å²) in [5, 5.41) is 48.7. The first-order valence-electron chi connectivity index (χ1n) is 49.9. The Morgan fingerprint density at radius 1 is 0.214 bits per heavy atom. The van der Waals surface area contributed by atoms with Crippen molar-refractivity contribution in [3.05, 3.63) is 356 Å². The monoisotopic (exact) mass is 1880 g/mol. The molecule has 16 heterocycles. The summed E-state index contributed by atoms with van der Waals surface area (Å²) in [6, 6.07) is 123. The van der Waals surface area contributed by atoms with Gasteiger partial charge in [0.05, 0.1) is 85.9 Å². The molecule has 13 nitrogen and oxygen atoms in total. The molecule has 0 N–H and O–H groups in total. The Morgan fingerprint density at radius 2 is 0.393 bits per heavy atom. The Bertz CT molecular complexity index is 11300. The zero-order valence-electron chi connectivity index (χ0n) is 79.9. The molecule has 0 bridgehead atoms. The van der Waals surface area contributed by atoms with E-state index in [2.05, 4.69) is 333 Å². The maximum absolute atomic E-state index is 9.83. The largest absolute Gasteiger partial charge is 0.454 e. The molecule has 0 spiro atoms. The molecule has 0 fully saturated rings. The molecule has 0 unspecified atom stereocenters. The van der Waals surface area contributed by atoms with Gasteiger partial charge in [0.15, 0.2) is 44.7 Å². The summed E-state index contributed by atoms with van der Waals surface area (Å²) in [4.78, 5) is 0. The van der Waals surface area contributed by atoms with Gasteiger partial charge in [-0.2, -0.15) is 5.26 Å². The van der Waals surface area contributed by atoms with Crippen LogP contribution in [-0.4, -0.2) is 25.7 Å². The van der Waals surface area contributed by atoms with E-state index in [1.165, 1.54) is 97.5 Å². The molecule has 0 saturated heterocycles. The maximum Gasteiger partial charge on any atom is 0.160 e. The highest BCUT2D eigenvalue weighted by molar-refractivity contribution is 6.89. The molecule has 0 aliphatic carbocycles. The fourth-order valence-corrected chi connectivity index (χ4v) is 26.6. The Morgan fingerprint density at radius 3 is 0.579 bits per heavy atom. The average molecular weight is 1880 g/mol. The minimum Gasteiger partial charge on any atom is -0.454 e. The van der Waals surface area contributed by atoms with Gasteiger partial charge in [0.1, 0.15) is 44.7 Å². The third kappa shape index (κ3) is 10.3. The van der Waals surface area contributed by atoms with Gasteiger partial charge in [0.2, 0.25) is 0 Å². The van der Waals surface area contributed by atoms with Crippen molar-refractivity contribution < 1.29 is 35.3 Å². The van der Waals surface area contributed by atoms with Crippen molar-refractivity contribution in [3.63, 3.8) is 0 Å². The molecule has 36 rings (SSSR count). The van der Waals surface area contributed by atoms with Crippen molar-refractivity contribution in [1.29, 1.82) is 5.26 Å². The molecule has 16 aromatic heterocycles. The van der Waals surface area contributed by atoms with E-state index in [1.807, 2.05) is 84.9 Å². The minimum absolute atomic E-state index is 0.0226. The van der Waals surface area contributed by atoms with E-state index < -0.39 is 8.07 Å². The van der Waals surface area contributed by atoms with Gasteiger partial charge in [0.25, 0.3) is 0 Å². The summed E-state index contributed by atoms with van der Waals surface area (Å²) in [6.45, 7) is 18.7. The van der Waals surface area contributed by atoms with Gasteiger partial charge in [-0.05, 0) is 156 Å². The molecule has 0 saturated carbocycles. The molecular formula is C131H81N5O8Si. The molecule has 36 aromatic rings. The fraction of sp³-hybridized carbons (Fsp3) is 0.0763. The van der Waals surface area contributed by atoms with Gasteiger partial charge in [-0.3, -0.25) is 0 Å². The van der Waals surface area contributed by atoms with Crippen molar-refractivity contribution in [2.24, 2.45) is 0 Å². The van der Waals surface area contributed by atoms with Gasteiger partial charge < -0.3 is 52.9 Å². The summed E-state index contributed by atoms with van der Waals surface area (Å²) < 4.78 is 62.1. The smallest absolute Gasteiger partial charge is 0.160 e. The number of aromatic nitrogens is 4. The highest BCUT2D eigenvalue weighted by atomic mass is 28.3. The molecule has 0 aliphatic heterocycles. The standard InChI is InChI=1S/C34H23NO2.C33H23NO2Si.C33H21NO2.C31H14N2O2/c1-34(2,3)18-16-25-21-12-14-23-19-8-4-6-10-27(19)36-32(23)30(21)35-29(25)26(17-18)22-13-15-24-20-9-5-7-11-28(20)37-33(24)31(22)35;1-37(2,3)18-16-25-21-12-14-23-19-8-4-6-10-27(19)35-32(23)30(21)34-29(25)26(17-18)22-13-15-24-20-9-5-7-11-28(20)36-33(24)31(22)34;1-17(2)18-15-25-21-11-13-23-19-7-3-5-9-27(19)35-32(23)30(21)34-29(25)26(16-18)22-12-14-24-20-8-4-6-10-28(20)36-33(24)31(22)34;32-15-16-13-23-19-9-11-21-17-5-1-3-7-25(17)34-30(21)28(19)33-27(23)24(14-16)20-10-12-22-18-6-2-4-8-26(18)35-31(22)29(20)33/h2*4-17H,1-3H3;3-17H,1-2H3;1-14H. The van der Waals surface area contributed by atoms with Crippen molar-refractivity contribution in [3.8, 4) is 6.07 Å². The number of para-hydroxylation sites is 8. The zero-order chi connectivity index (χ0) is 95.8. The molecular weight excluding hydrogens is 1800 g/mol. The van der Waals surface area contributed by atoms with Crippen LogP contribution in [-0.2, 0) is 5.41 Å². The predicted molar refractivity (Wildman–Crippen MR) is 603 cm³/mol. The fourth-order valence-electron chi connectivity index (χ4n) is 25.5. The summed E-state index contributed by atoms with van der Waals surface area (Å²) >= 11 is 0. The zero-order valence-corrected chi connectivity index (χ0v) is 80.9. The normalized spacial score (nSPS) is 13.0. The minimum atomic E-state index is -1.57. The third-order valence-electron chi connectivity index (χ3n) is 32.2. The molecule has 0 radical (unpaired) electrons.